The lowest BCUT2D eigenvalue weighted by Crippen LogP contribution is -2.45. The second kappa shape index (κ2) is 6.13. The minimum Gasteiger partial charge on any atom is -0.465 e. The summed E-state index contributed by atoms with van der Waals surface area (Å²) in [5, 5.41) is 0. The van der Waals surface area contributed by atoms with Crippen molar-refractivity contribution in [2.45, 2.75) is 30.7 Å². The molecule has 0 aliphatic carbocycles. The van der Waals surface area contributed by atoms with Crippen LogP contribution in [0.3, 0.4) is 0 Å². The van der Waals surface area contributed by atoms with Crippen molar-refractivity contribution >= 4 is 16.0 Å². The number of aryl methyl sites for hydroxylation is 1. The van der Waals surface area contributed by atoms with Crippen LogP contribution in [0.15, 0.2) is 23.1 Å². The Labute approximate surface area is 124 Å². The van der Waals surface area contributed by atoms with E-state index in [1.165, 1.54) is 29.6 Å². The van der Waals surface area contributed by atoms with Gasteiger partial charge in [0.1, 0.15) is 0 Å². The molecule has 1 atom stereocenters. The predicted molar refractivity (Wildman–Crippen MR) is 78.5 cm³/mol. The Morgan fingerprint density at radius 3 is 2.71 bits per heavy atom. The van der Waals surface area contributed by atoms with Crippen molar-refractivity contribution in [1.82, 2.24) is 4.31 Å². The summed E-state index contributed by atoms with van der Waals surface area (Å²) in [4.78, 5) is 11.7. The predicted octanol–water partition coefficient (Wildman–Crippen LogP) is 0.893. The number of esters is 1. The lowest BCUT2D eigenvalue weighted by atomic mass is 10.1. The van der Waals surface area contributed by atoms with E-state index in [9.17, 15) is 13.2 Å². The van der Waals surface area contributed by atoms with Gasteiger partial charge in [-0.05, 0) is 43.5 Å². The Kier molecular flexibility index (Phi) is 4.65. The van der Waals surface area contributed by atoms with E-state index in [0.717, 1.165) is 12.8 Å². The number of nitrogens with zero attached hydrogens (tertiary/aromatic N) is 1. The summed E-state index contributed by atoms with van der Waals surface area (Å²) in [5.74, 6) is -0.484. The second-order valence-corrected chi connectivity index (χ2v) is 7.14. The molecule has 2 rings (SSSR count). The maximum absolute atomic E-state index is 12.7. The fraction of sp³-hybridized carbons (Fsp3) is 0.500. The van der Waals surface area contributed by atoms with E-state index in [2.05, 4.69) is 4.74 Å². The molecule has 1 saturated heterocycles. The lowest BCUT2D eigenvalue weighted by Gasteiger charge is -2.30. The highest BCUT2D eigenvalue weighted by molar-refractivity contribution is 7.89. The molecule has 1 aromatic rings. The monoisotopic (exact) mass is 312 g/mol. The van der Waals surface area contributed by atoms with Gasteiger partial charge < -0.3 is 10.5 Å². The second-order valence-electron chi connectivity index (χ2n) is 5.24. The Balaban J connectivity index is 2.34. The molecule has 1 aliphatic heterocycles. The van der Waals surface area contributed by atoms with Gasteiger partial charge in [0.25, 0.3) is 0 Å². The number of ether oxygens (including phenoxy) is 1. The third-order valence-electron chi connectivity index (χ3n) is 3.63. The summed E-state index contributed by atoms with van der Waals surface area (Å²) in [7, 11) is -2.28. The summed E-state index contributed by atoms with van der Waals surface area (Å²) in [6, 6.07) is 4.33. The number of piperidine rings is 1. The first-order valence-electron chi connectivity index (χ1n) is 6.81. The number of nitrogens with two attached hydrogens (primary N) is 1. The van der Waals surface area contributed by atoms with Gasteiger partial charge in [0.2, 0.25) is 10.0 Å². The molecule has 0 bridgehead atoms. The van der Waals surface area contributed by atoms with Gasteiger partial charge in [-0.2, -0.15) is 4.31 Å². The van der Waals surface area contributed by atoms with Crippen LogP contribution in [0.2, 0.25) is 0 Å². The van der Waals surface area contributed by atoms with Crippen LogP contribution in [-0.4, -0.2) is 44.9 Å². The van der Waals surface area contributed by atoms with Gasteiger partial charge in [0.15, 0.2) is 0 Å². The number of carbonyl (C=O) groups excluding carboxylic acids is 1. The molecule has 0 spiro atoms. The molecule has 0 saturated carbocycles. The molecule has 1 aliphatic rings. The summed E-state index contributed by atoms with van der Waals surface area (Å²) in [6.45, 7) is 2.48. The van der Waals surface area contributed by atoms with Crippen molar-refractivity contribution in [2.24, 2.45) is 5.73 Å². The van der Waals surface area contributed by atoms with Gasteiger partial charge in [-0.25, -0.2) is 13.2 Å². The van der Waals surface area contributed by atoms with E-state index in [1.807, 2.05) is 0 Å². The van der Waals surface area contributed by atoms with E-state index in [-0.39, 0.29) is 10.9 Å². The lowest BCUT2D eigenvalue weighted by molar-refractivity contribution is 0.0600. The summed E-state index contributed by atoms with van der Waals surface area (Å²) >= 11 is 0. The van der Waals surface area contributed by atoms with Crippen molar-refractivity contribution in [2.75, 3.05) is 20.2 Å². The Bertz CT molecular complexity index is 642. The molecule has 1 fully saturated rings. The molecule has 1 unspecified atom stereocenters. The van der Waals surface area contributed by atoms with Crippen LogP contribution >= 0.6 is 0 Å². The SMILES string of the molecule is COC(=O)c1ccc(S(=O)(=O)N2CCCC(N)C2)c(C)c1. The zero-order valence-corrected chi connectivity index (χ0v) is 13.0. The van der Waals surface area contributed by atoms with E-state index in [0.29, 0.717) is 24.2 Å². The topological polar surface area (TPSA) is 89.7 Å². The van der Waals surface area contributed by atoms with E-state index < -0.39 is 16.0 Å². The standard InChI is InChI=1S/C14H20N2O4S/c1-10-8-11(14(17)20-2)5-6-13(10)21(18,19)16-7-3-4-12(15)9-16/h5-6,8,12H,3-4,7,9,15H2,1-2H3. The Morgan fingerprint density at radius 2 is 2.14 bits per heavy atom. The first-order chi connectivity index (χ1) is 9.86. The molecular weight excluding hydrogens is 292 g/mol. The van der Waals surface area contributed by atoms with Gasteiger partial charge in [0, 0.05) is 19.1 Å². The average molecular weight is 312 g/mol. The number of carbonyl (C=O) groups is 1. The number of hydrogen-bond acceptors (Lipinski definition) is 5. The minimum atomic E-state index is -3.57. The van der Waals surface area contributed by atoms with Gasteiger partial charge >= 0.3 is 5.97 Å². The fourth-order valence-electron chi connectivity index (χ4n) is 2.52. The maximum Gasteiger partial charge on any atom is 0.337 e. The molecule has 1 heterocycles. The quantitative estimate of drug-likeness (QED) is 0.837. The highest BCUT2D eigenvalue weighted by Crippen LogP contribution is 2.24. The molecule has 2 N–H and O–H groups in total. The van der Waals surface area contributed by atoms with E-state index in [4.69, 9.17) is 5.73 Å². The third kappa shape index (κ3) is 3.25. The normalized spacial score (nSPS) is 20.2. The van der Waals surface area contributed by atoms with Gasteiger partial charge in [0.05, 0.1) is 17.6 Å². The van der Waals surface area contributed by atoms with Crippen LogP contribution in [0.25, 0.3) is 0 Å². The first-order valence-corrected chi connectivity index (χ1v) is 8.25. The molecule has 6 nitrogen and oxygen atoms in total. The van der Waals surface area contributed by atoms with E-state index >= 15 is 0 Å². The van der Waals surface area contributed by atoms with Crippen LogP contribution in [-0.2, 0) is 14.8 Å². The molecular formula is C14H20N2O4S. The van der Waals surface area contributed by atoms with Crippen LogP contribution < -0.4 is 5.73 Å². The zero-order chi connectivity index (χ0) is 15.6. The van der Waals surface area contributed by atoms with Crippen LogP contribution in [0.4, 0.5) is 0 Å². The van der Waals surface area contributed by atoms with Crippen molar-refractivity contribution in [1.29, 1.82) is 0 Å². The summed E-state index contributed by atoms with van der Waals surface area (Å²) < 4.78 is 31.4. The minimum absolute atomic E-state index is 0.122. The number of rotatable bonds is 3. The Hall–Kier alpha value is -1.44. The number of methoxy groups -OCH3 is 1. The number of benzene rings is 1. The first kappa shape index (κ1) is 15.9. The summed E-state index contributed by atoms with van der Waals surface area (Å²) in [5.41, 5.74) is 6.71. The van der Waals surface area contributed by atoms with Crippen LogP contribution in [0, 0.1) is 6.92 Å². The Morgan fingerprint density at radius 1 is 1.43 bits per heavy atom. The van der Waals surface area contributed by atoms with Crippen LogP contribution in [0.1, 0.15) is 28.8 Å². The highest BCUT2D eigenvalue weighted by atomic mass is 32.2. The van der Waals surface area contributed by atoms with Gasteiger partial charge in [-0.3, -0.25) is 0 Å². The molecule has 1 aromatic carbocycles. The molecule has 0 radical (unpaired) electrons. The van der Waals surface area contributed by atoms with Crippen LogP contribution in [0.5, 0.6) is 0 Å². The maximum atomic E-state index is 12.7. The zero-order valence-electron chi connectivity index (χ0n) is 12.2. The summed E-state index contributed by atoms with van der Waals surface area (Å²) in [6.07, 6.45) is 1.60. The molecule has 0 amide bonds. The van der Waals surface area contributed by atoms with Crippen molar-refractivity contribution in [3.8, 4) is 0 Å². The molecule has 0 aromatic heterocycles. The smallest absolute Gasteiger partial charge is 0.337 e. The number of hydrogen-bond donors (Lipinski definition) is 1. The van der Waals surface area contributed by atoms with Crippen molar-refractivity contribution in [3.05, 3.63) is 29.3 Å². The number of sulfonamides is 1. The largest absolute Gasteiger partial charge is 0.465 e. The molecule has 7 heteroatoms. The van der Waals surface area contributed by atoms with E-state index in [1.54, 1.807) is 6.92 Å². The fourth-order valence-corrected chi connectivity index (χ4v) is 4.26. The van der Waals surface area contributed by atoms with Crippen molar-refractivity contribution in [3.63, 3.8) is 0 Å². The van der Waals surface area contributed by atoms with Crippen molar-refractivity contribution < 1.29 is 17.9 Å². The molecule has 116 valence electrons. The van der Waals surface area contributed by atoms with Gasteiger partial charge in [-0.15, -0.1) is 0 Å². The highest BCUT2D eigenvalue weighted by Gasteiger charge is 2.30. The van der Waals surface area contributed by atoms with Gasteiger partial charge in [-0.1, -0.05) is 0 Å². The molecule has 21 heavy (non-hydrogen) atoms. The third-order valence-corrected chi connectivity index (χ3v) is 5.66. The average Bonchev–Trinajstić information content (AvgIpc) is 2.46.